The van der Waals surface area contributed by atoms with Crippen molar-refractivity contribution < 1.29 is 13.5 Å². The van der Waals surface area contributed by atoms with E-state index < -0.39 is 15.6 Å². The van der Waals surface area contributed by atoms with Gasteiger partial charge >= 0.3 is 0 Å². The largest absolute Gasteiger partial charge is 0.288 e. The van der Waals surface area contributed by atoms with Gasteiger partial charge in [0.15, 0.2) is 15.6 Å². The number of rotatable bonds is 3. The van der Waals surface area contributed by atoms with E-state index in [1.165, 1.54) is 6.07 Å². The maximum Gasteiger partial charge on any atom is 0.200 e. The first-order valence-corrected chi connectivity index (χ1v) is 8.09. The van der Waals surface area contributed by atoms with Crippen molar-refractivity contribution in [2.75, 3.05) is 0 Å². The minimum Gasteiger partial charge on any atom is -0.288 e. The Kier molecular flexibility index (Phi) is 4.06. The molecular weight excluding hydrogens is 296 g/mol. The molecule has 0 heterocycles. The van der Waals surface area contributed by atoms with Gasteiger partial charge in [-0.2, -0.15) is 0 Å². The van der Waals surface area contributed by atoms with E-state index in [2.05, 4.69) is 0 Å². The van der Waals surface area contributed by atoms with Crippen LogP contribution in [0.1, 0.15) is 16.7 Å². The van der Waals surface area contributed by atoms with Crippen LogP contribution in [0.5, 0.6) is 5.75 Å². The van der Waals surface area contributed by atoms with Crippen LogP contribution in [0.15, 0.2) is 41.3 Å². The van der Waals surface area contributed by atoms with Gasteiger partial charge in [-0.05, 0) is 43.2 Å². The monoisotopic (exact) mass is 309 g/mol. The highest BCUT2D eigenvalue weighted by atomic mass is 35.5. The second kappa shape index (κ2) is 5.46. The van der Waals surface area contributed by atoms with Gasteiger partial charge in [0.2, 0.25) is 0 Å². The van der Waals surface area contributed by atoms with E-state index in [4.69, 9.17) is 11.6 Å². The Balaban J connectivity index is 2.41. The minimum atomic E-state index is -3.65. The SMILES string of the molecule is Cc1ccc(S(=O)(=O)Cc2ccc(Cl)cc2)c([O])c1C. The third-order valence-corrected chi connectivity index (χ3v) is 5.20. The Morgan fingerprint density at radius 2 is 1.60 bits per heavy atom. The molecule has 5 heteroatoms. The van der Waals surface area contributed by atoms with Gasteiger partial charge in [-0.25, -0.2) is 8.42 Å². The Labute approximate surface area is 123 Å². The molecule has 1 radical (unpaired) electrons. The molecule has 105 valence electrons. The molecule has 0 spiro atoms. The lowest BCUT2D eigenvalue weighted by Gasteiger charge is -2.09. The zero-order valence-electron chi connectivity index (χ0n) is 11.2. The summed E-state index contributed by atoms with van der Waals surface area (Å²) in [5, 5.41) is 12.6. The van der Waals surface area contributed by atoms with Gasteiger partial charge in [0.25, 0.3) is 0 Å². The van der Waals surface area contributed by atoms with Crippen molar-refractivity contribution in [3.8, 4) is 5.75 Å². The van der Waals surface area contributed by atoms with Crippen molar-refractivity contribution in [1.29, 1.82) is 0 Å². The molecule has 0 aliphatic carbocycles. The van der Waals surface area contributed by atoms with E-state index in [1.54, 1.807) is 44.2 Å². The third-order valence-electron chi connectivity index (χ3n) is 3.25. The maximum atomic E-state index is 12.3. The summed E-state index contributed by atoms with van der Waals surface area (Å²) in [6.45, 7) is 3.42. The molecule has 0 aromatic heterocycles. The van der Waals surface area contributed by atoms with Gasteiger partial charge < -0.3 is 0 Å². The Morgan fingerprint density at radius 3 is 2.20 bits per heavy atom. The summed E-state index contributed by atoms with van der Waals surface area (Å²) in [6, 6.07) is 9.59. The maximum absolute atomic E-state index is 12.3. The summed E-state index contributed by atoms with van der Waals surface area (Å²) in [5.41, 5.74) is 1.87. The van der Waals surface area contributed by atoms with Gasteiger partial charge in [0.1, 0.15) is 4.90 Å². The zero-order valence-corrected chi connectivity index (χ0v) is 12.8. The molecular formula is C15H14ClO3S. The van der Waals surface area contributed by atoms with Crippen molar-refractivity contribution >= 4 is 21.4 Å². The number of hydrogen-bond donors (Lipinski definition) is 0. The molecule has 20 heavy (non-hydrogen) atoms. The van der Waals surface area contributed by atoms with E-state index in [1.807, 2.05) is 0 Å². The van der Waals surface area contributed by atoms with Crippen LogP contribution in [-0.4, -0.2) is 8.42 Å². The van der Waals surface area contributed by atoms with E-state index in [9.17, 15) is 13.5 Å². The summed E-state index contributed by atoms with van der Waals surface area (Å²) < 4.78 is 24.7. The number of aryl methyl sites for hydroxylation is 1. The van der Waals surface area contributed by atoms with Crippen LogP contribution in [0.3, 0.4) is 0 Å². The molecule has 0 N–H and O–H groups in total. The van der Waals surface area contributed by atoms with Gasteiger partial charge in [0, 0.05) is 10.6 Å². The van der Waals surface area contributed by atoms with Crippen molar-refractivity contribution in [2.45, 2.75) is 24.5 Å². The van der Waals surface area contributed by atoms with Crippen molar-refractivity contribution in [3.05, 3.63) is 58.1 Å². The van der Waals surface area contributed by atoms with Crippen molar-refractivity contribution in [3.63, 3.8) is 0 Å². The third kappa shape index (κ3) is 2.97. The predicted octanol–water partition coefficient (Wildman–Crippen LogP) is 4.07. The predicted molar refractivity (Wildman–Crippen MR) is 78.4 cm³/mol. The van der Waals surface area contributed by atoms with Gasteiger partial charge in [0.05, 0.1) is 5.75 Å². The molecule has 0 atom stereocenters. The first kappa shape index (κ1) is 14.9. The molecule has 2 aromatic rings. The summed E-state index contributed by atoms with van der Waals surface area (Å²) in [5.74, 6) is -0.624. The highest BCUT2D eigenvalue weighted by Crippen LogP contribution is 2.31. The van der Waals surface area contributed by atoms with E-state index >= 15 is 0 Å². The van der Waals surface area contributed by atoms with Gasteiger partial charge in [-0.3, -0.25) is 5.11 Å². The molecule has 3 nitrogen and oxygen atoms in total. The highest BCUT2D eigenvalue weighted by Gasteiger charge is 2.22. The molecule has 0 bridgehead atoms. The first-order valence-electron chi connectivity index (χ1n) is 6.05. The van der Waals surface area contributed by atoms with Crippen LogP contribution in [0.2, 0.25) is 5.02 Å². The lowest BCUT2D eigenvalue weighted by Crippen LogP contribution is -2.06. The van der Waals surface area contributed by atoms with Crippen LogP contribution >= 0.6 is 11.6 Å². The van der Waals surface area contributed by atoms with Crippen LogP contribution in [0.4, 0.5) is 0 Å². The number of hydrogen-bond acceptors (Lipinski definition) is 2. The Hall–Kier alpha value is -1.52. The highest BCUT2D eigenvalue weighted by molar-refractivity contribution is 7.90. The van der Waals surface area contributed by atoms with Crippen molar-refractivity contribution in [1.82, 2.24) is 0 Å². The Bertz CT molecular complexity index is 734. The van der Waals surface area contributed by atoms with Crippen LogP contribution in [0.25, 0.3) is 0 Å². The normalized spacial score (nSPS) is 11.6. The number of benzene rings is 2. The summed E-state index contributed by atoms with van der Waals surface area (Å²) >= 11 is 5.76. The van der Waals surface area contributed by atoms with Crippen LogP contribution in [0, 0.1) is 13.8 Å². The number of sulfone groups is 1. The molecule has 0 saturated carbocycles. The zero-order chi connectivity index (χ0) is 14.9. The average Bonchev–Trinajstić information content (AvgIpc) is 2.38. The smallest absolute Gasteiger partial charge is 0.200 e. The fourth-order valence-corrected chi connectivity index (χ4v) is 3.51. The fraction of sp³-hybridized carbons (Fsp3) is 0.200. The van der Waals surface area contributed by atoms with E-state index in [0.29, 0.717) is 16.1 Å². The molecule has 0 aliphatic rings. The average molecular weight is 310 g/mol. The summed E-state index contributed by atoms with van der Waals surface area (Å²) in [6.07, 6.45) is 0. The lowest BCUT2D eigenvalue weighted by molar-refractivity contribution is 0.339. The standard InChI is InChI=1S/C15H14ClO3S/c1-10-3-8-14(15(17)11(10)2)20(18,19)9-12-4-6-13(16)7-5-12/h3-8H,9H2,1-2H3. The molecule has 0 aliphatic heterocycles. The molecule has 0 fully saturated rings. The molecule has 0 saturated heterocycles. The topological polar surface area (TPSA) is 54.0 Å². The lowest BCUT2D eigenvalue weighted by atomic mass is 10.1. The molecule has 2 aromatic carbocycles. The van der Waals surface area contributed by atoms with E-state index in [-0.39, 0.29) is 10.6 Å². The minimum absolute atomic E-state index is 0.143. The first-order chi connectivity index (χ1) is 9.31. The summed E-state index contributed by atoms with van der Waals surface area (Å²) in [7, 11) is -3.65. The van der Waals surface area contributed by atoms with E-state index in [0.717, 1.165) is 5.56 Å². The van der Waals surface area contributed by atoms with Gasteiger partial charge in [-0.1, -0.05) is 29.8 Å². The molecule has 0 unspecified atom stereocenters. The quantitative estimate of drug-likeness (QED) is 0.858. The fourth-order valence-electron chi connectivity index (χ4n) is 1.89. The molecule has 0 amide bonds. The van der Waals surface area contributed by atoms with Crippen LogP contribution < -0.4 is 0 Å². The molecule has 2 rings (SSSR count). The van der Waals surface area contributed by atoms with Gasteiger partial charge in [-0.15, -0.1) is 0 Å². The van der Waals surface area contributed by atoms with Crippen molar-refractivity contribution in [2.24, 2.45) is 0 Å². The second-order valence-electron chi connectivity index (χ2n) is 4.72. The number of halogens is 1. The second-order valence-corrected chi connectivity index (χ2v) is 7.11. The summed E-state index contributed by atoms with van der Waals surface area (Å²) in [4.78, 5) is -0.143. The Morgan fingerprint density at radius 1 is 1.00 bits per heavy atom. The van der Waals surface area contributed by atoms with Crippen LogP contribution in [-0.2, 0) is 20.7 Å².